The van der Waals surface area contributed by atoms with Crippen LogP contribution < -0.4 is 10.7 Å². The summed E-state index contributed by atoms with van der Waals surface area (Å²) in [5.74, 6) is -1.19. The van der Waals surface area contributed by atoms with Gasteiger partial charge in [-0.15, -0.1) is 0 Å². The van der Waals surface area contributed by atoms with Gasteiger partial charge in [0.2, 0.25) is 0 Å². The first-order valence-corrected chi connectivity index (χ1v) is 9.33. The molecule has 0 aliphatic carbocycles. The summed E-state index contributed by atoms with van der Waals surface area (Å²) in [6.07, 6.45) is 1.07. The van der Waals surface area contributed by atoms with Crippen LogP contribution in [-0.2, 0) is 17.6 Å². The van der Waals surface area contributed by atoms with Gasteiger partial charge in [0, 0.05) is 17.2 Å². The Labute approximate surface area is 155 Å². The van der Waals surface area contributed by atoms with E-state index in [1.165, 1.54) is 6.92 Å². The molecule has 0 bridgehead atoms. The van der Waals surface area contributed by atoms with Gasteiger partial charge in [-0.3, -0.25) is 4.79 Å². The number of rotatable bonds is 6. The van der Waals surface area contributed by atoms with Gasteiger partial charge >= 0.3 is 0 Å². The van der Waals surface area contributed by atoms with E-state index < -0.39 is 11.2 Å². The fourth-order valence-electron chi connectivity index (χ4n) is 2.93. The summed E-state index contributed by atoms with van der Waals surface area (Å²) in [6, 6.07) is 14.1. The lowest BCUT2D eigenvalue weighted by Gasteiger charge is -2.14. The monoisotopic (exact) mass is 367 g/mol. The van der Waals surface area contributed by atoms with Crippen molar-refractivity contribution in [3.63, 3.8) is 0 Å². The molecule has 1 aromatic heterocycles. The zero-order valence-corrected chi connectivity index (χ0v) is 15.4. The number of carboxylic acids is 1. The smallest absolute Gasteiger partial charge is 0.254 e. The normalized spacial score (nSPS) is 12.2. The summed E-state index contributed by atoms with van der Waals surface area (Å²) in [5.41, 5.74) is 2.18. The quantitative estimate of drug-likeness (QED) is 0.534. The van der Waals surface area contributed by atoms with E-state index >= 15 is 0 Å². The summed E-state index contributed by atoms with van der Waals surface area (Å²) in [6.45, 7) is 3.42. The number of benzene rings is 2. The van der Waals surface area contributed by atoms with Gasteiger partial charge in [-0.2, -0.15) is 0 Å². The van der Waals surface area contributed by atoms with E-state index in [1.807, 2.05) is 43.3 Å². The Morgan fingerprint density at radius 2 is 1.96 bits per heavy atom. The van der Waals surface area contributed by atoms with Crippen LogP contribution in [0.1, 0.15) is 30.7 Å². The number of hydrogen-bond donors (Lipinski definition) is 1. The van der Waals surface area contributed by atoms with Crippen molar-refractivity contribution in [1.82, 2.24) is 9.97 Å². The van der Waals surface area contributed by atoms with E-state index in [2.05, 4.69) is 16.0 Å². The number of nitrogens with one attached hydrogen (secondary N) is 1. The number of aromatic nitrogens is 2. The van der Waals surface area contributed by atoms with Crippen LogP contribution in [0.25, 0.3) is 10.8 Å². The molecule has 0 saturated heterocycles. The molecule has 0 amide bonds. The number of fused-ring (bicyclic) bond motifs is 1. The zero-order valence-electron chi connectivity index (χ0n) is 14.6. The van der Waals surface area contributed by atoms with Crippen LogP contribution in [0.15, 0.2) is 52.4 Å². The molecular formula is C20H19N2O3S-. The van der Waals surface area contributed by atoms with Gasteiger partial charge in [0.05, 0.1) is 11.7 Å². The van der Waals surface area contributed by atoms with Crippen molar-refractivity contribution in [3.05, 3.63) is 69.6 Å². The van der Waals surface area contributed by atoms with E-state index in [-0.39, 0.29) is 5.56 Å². The first-order chi connectivity index (χ1) is 12.5. The standard InChI is InChI=1S/C20H20N2O3S/c1-3-15-17(21-20(22-18(15)23)26-12(2)19(24)25)11-14-9-6-8-13-7-4-5-10-16(13)14/h4-10,12H,3,11H2,1-2H3,(H,24,25)(H,21,22,23)/p-1. The van der Waals surface area contributed by atoms with Crippen molar-refractivity contribution in [2.24, 2.45) is 0 Å². The third-order valence-electron chi connectivity index (χ3n) is 4.29. The van der Waals surface area contributed by atoms with Crippen molar-refractivity contribution in [3.8, 4) is 0 Å². The molecule has 26 heavy (non-hydrogen) atoms. The molecular weight excluding hydrogens is 348 g/mol. The van der Waals surface area contributed by atoms with Crippen LogP contribution >= 0.6 is 11.8 Å². The van der Waals surface area contributed by atoms with Crippen LogP contribution in [0, 0.1) is 0 Å². The third kappa shape index (κ3) is 3.80. The molecule has 2 aromatic carbocycles. The molecule has 0 spiro atoms. The van der Waals surface area contributed by atoms with Crippen molar-refractivity contribution in [1.29, 1.82) is 0 Å². The predicted octanol–water partition coefficient (Wildman–Crippen LogP) is 2.31. The maximum absolute atomic E-state index is 12.4. The number of carboxylic acid groups (broad SMARTS) is 1. The number of carbonyl (C=O) groups is 1. The van der Waals surface area contributed by atoms with Gasteiger partial charge in [0.25, 0.3) is 5.56 Å². The van der Waals surface area contributed by atoms with Gasteiger partial charge < -0.3 is 14.9 Å². The number of H-pyrrole nitrogens is 1. The van der Waals surface area contributed by atoms with Crippen LogP contribution in [0.2, 0.25) is 0 Å². The van der Waals surface area contributed by atoms with Crippen molar-refractivity contribution in [2.75, 3.05) is 0 Å². The topological polar surface area (TPSA) is 85.9 Å². The molecule has 1 atom stereocenters. The first kappa shape index (κ1) is 18.2. The summed E-state index contributed by atoms with van der Waals surface area (Å²) in [5, 5.41) is 12.7. The lowest BCUT2D eigenvalue weighted by atomic mass is 9.99. The largest absolute Gasteiger partial charge is 0.549 e. The summed E-state index contributed by atoms with van der Waals surface area (Å²) in [4.78, 5) is 30.6. The highest BCUT2D eigenvalue weighted by molar-refractivity contribution is 8.00. The molecule has 0 aliphatic heterocycles. The molecule has 0 fully saturated rings. The van der Waals surface area contributed by atoms with Crippen molar-refractivity contribution in [2.45, 2.75) is 37.1 Å². The Kier molecular flexibility index (Phi) is 5.42. The number of aromatic amines is 1. The molecule has 134 valence electrons. The number of aliphatic carboxylic acids is 1. The van der Waals surface area contributed by atoms with Crippen LogP contribution in [0.5, 0.6) is 0 Å². The molecule has 0 saturated carbocycles. The second kappa shape index (κ2) is 7.74. The lowest BCUT2D eigenvalue weighted by Crippen LogP contribution is -2.31. The Bertz CT molecular complexity index is 1010. The predicted molar refractivity (Wildman–Crippen MR) is 101 cm³/mol. The van der Waals surface area contributed by atoms with Gasteiger partial charge in [-0.25, -0.2) is 4.98 Å². The molecule has 3 rings (SSSR count). The number of nitrogens with zero attached hydrogens (tertiary/aromatic N) is 1. The molecule has 3 aromatic rings. The first-order valence-electron chi connectivity index (χ1n) is 8.45. The summed E-state index contributed by atoms with van der Waals surface area (Å²) < 4.78 is 0. The number of hydrogen-bond acceptors (Lipinski definition) is 5. The molecule has 1 N–H and O–H groups in total. The highest BCUT2D eigenvalue weighted by Crippen LogP contribution is 2.23. The van der Waals surface area contributed by atoms with Gasteiger partial charge in [0.15, 0.2) is 5.16 Å². The van der Waals surface area contributed by atoms with E-state index in [0.717, 1.165) is 28.1 Å². The third-order valence-corrected chi connectivity index (χ3v) is 5.25. The lowest BCUT2D eigenvalue weighted by molar-refractivity contribution is -0.304. The molecule has 0 radical (unpaired) electrons. The SMILES string of the molecule is CCc1c(Cc2cccc3ccccc23)nc(SC(C)C(=O)[O-])[nH]c1=O. The molecule has 5 nitrogen and oxygen atoms in total. The van der Waals surface area contributed by atoms with E-state index in [9.17, 15) is 14.7 Å². The average Bonchev–Trinajstić information content (AvgIpc) is 2.62. The van der Waals surface area contributed by atoms with Gasteiger partial charge in [-0.1, -0.05) is 61.2 Å². The second-order valence-corrected chi connectivity index (χ2v) is 7.37. The van der Waals surface area contributed by atoms with Crippen LogP contribution in [0.4, 0.5) is 0 Å². The molecule has 1 heterocycles. The Morgan fingerprint density at radius 1 is 1.23 bits per heavy atom. The van der Waals surface area contributed by atoms with E-state index in [1.54, 1.807) is 0 Å². The number of thioether (sulfide) groups is 1. The fourth-order valence-corrected chi connectivity index (χ4v) is 3.68. The average molecular weight is 367 g/mol. The van der Waals surface area contributed by atoms with E-state index in [4.69, 9.17) is 0 Å². The van der Waals surface area contributed by atoms with Crippen LogP contribution in [-0.4, -0.2) is 21.2 Å². The Morgan fingerprint density at radius 3 is 2.69 bits per heavy atom. The van der Waals surface area contributed by atoms with Gasteiger partial charge in [-0.05, 0) is 29.7 Å². The number of carbonyl (C=O) groups excluding carboxylic acids is 1. The molecule has 0 aliphatic rings. The minimum absolute atomic E-state index is 0.217. The zero-order chi connectivity index (χ0) is 18.7. The maximum Gasteiger partial charge on any atom is 0.254 e. The van der Waals surface area contributed by atoms with Crippen molar-refractivity contribution >= 4 is 28.5 Å². The Balaban J connectivity index is 2.04. The van der Waals surface area contributed by atoms with Crippen molar-refractivity contribution < 1.29 is 9.90 Å². The highest BCUT2D eigenvalue weighted by atomic mass is 32.2. The minimum atomic E-state index is -1.19. The summed E-state index contributed by atoms with van der Waals surface area (Å²) in [7, 11) is 0. The maximum atomic E-state index is 12.4. The Hall–Kier alpha value is -2.60. The highest BCUT2D eigenvalue weighted by Gasteiger charge is 2.14. The fraction of sp³-hybridized carbons (Fsp3) is 0.250. The molecule has 6 heteroatoms. The minimum Gasteiger partial charge on any atom is -0.549 e. The van der Waals surface area contributed by atoms with Gasteiger partial charge in [0.1, 0.15) is 0 Å². The second-order valence-electron chi connectivity index (χ2n) is 6.04. The molecule has 1 unspecified atom stereocenters. The van der Waals surface area contributed by atoms with Crippen LogP contribution in [0.3, 0.4) is 0 Å². The summed E-state index contributed by atoms with van der Waals surface area (Å²) >= 11 is 0.985. The van der Waals surface area contributed by atoms with E-state index in [0.29, 0.717) is 29.3 Å².